The number of nitrogens with zero attached hydrogens (tertiary/aromatic N) is 2. The third-order valence-corrected chi connectivity index (χ3v) is 5.16. The SMILES string of the molecule is CCCCOC(=O)Nc1cccc(-c2nn(Cc3ccccc3)c(=O)c3ccccc23)c1. The zero-order valence-corrected chi connectivity index (χ0v) is 18.0. The first-order valence-corrected chi connectivity index (χ1v) is 10.7. The van der Waals surface area contributed by atoms with E-state index < -0.39 is 6.09 Å². The molecule has 0 saturated carbocycles. The molecule has 1 heterocycles. The molecule has 6 heteroatoms. The molecule has 0 fully saturated rings. The molecule has 0 aliphatic carbocycles. The third kappa shape index (κ3) is 4.86. The molecule has 162 valence electrons. The van der Waals surface area contributed by atoms with Crippen molar-refractivity contribution in [2.45, 2.75) is 26.3 Å². The Labute approximate surface area is 186 Å². The number of amides is 1. The molecule has 32 heavy (non-hydrogen) atoms. The van der Waals surface area contributed by atoms with Gasteiger partial charge in [0, 0.05) is 16.6 Å². The Morgan fingerprint density at radius 1 is 0.969 bits per heavy atom. The monoisotopic (exact) mass is 427 g/mol. The van der Waals surface area contributed by atoms with Gasteiger partial charge in [0.1, 0.15) is 0 Å². The molecule has 0 atom stereocenters. The Kier molecular flexibility index (Phi) is 6.60. The number of carbonyl (C=O) groups excluding carboxylic acids is 1. The molecule has 4 aromatic rings. The van der Waals surface area contributed by atoms with Crippen LogP contribution in [0.2, 0.25) is 0 Å². The van der Waals surface area contributed by atoms with Gasteiger partial charge in [0.15, 0.2) is 0 Å². The Morgan fingerprint density at radius 3 is 2.50 bits per heavy atom. The first kappa shape index (κ1) is 21.3. The second kappa shape index (κ2) is 9.92. The lowest BCUT2D eigenvalue weighted by Gasteiger charge is -2.13. The second-order valence-corrected chi connectivity index (χ2v) is 7.54. The van der Waals surface area contributed by atoms with Crippen LogP contribution in [0.25, 0.3) is 22.0 Å². The molecular weight excluding hydrogens is 402 g/mol. The molecule has 1 N–H and O–H groups in total. The first-order valence-electron chi connectivity index (χ1n) is 10.7. The number of fused-ring (bicyclic) bond motifs is 1. The summed E-state index contributed by atoms with van der Waals surface area (Å²) in [6.45, 7) is 2.80. The lowest BCUT2D eigenvalue weighted by molar-refractivity contribution is 0.160. The van der Waals surface area contributed by atoms with Crippen LogP contribution in [0, 0.1) is 0 Å². The molecule has 0 aliphatic heterocycles. The number of hydrogen-bond acceptors (Lipinski definition) is 4. The lowest BCUT2D eigenvalue weighted by atomic mass is 10.0. The number of hydrogen-bond donors (Lipinski definition) is 1. The summed E-state index contributed by atoms with van der Waals surface area (Å²) in [5.41, 5.74) is 2.94. The minimum atomic E-state index is -0.484. The molecule has 0 aliphatic rings. The van der Waals surface area contributed by atoms with Crippen molar-refractivity contribution in [3.8, 4) is 11.3 Å². The molecule has 0 bridgehead atoms. The Morgan fingerprint density at radius 2 is 1.72 bits per heavy atom. The summed E-state index contributed by atoms with van der Waals surface area (Å²) in [7, 11) is 0. The average molecular weight is 428 g/mol. The van der Waals surface area contributed by atoms with Crippen LogP contribution in [0.3, 0.4) is 0 Å². The lowest BCUT2D eigenvalue weighted by Crippen LogP contribution is -2.24. The molecule has 3 aromatic carbocycles. The minimum absolute atomic E-state index is 0.137. The number of aromatic nitrogens is 2. The van der Waals surface area contributed by atoms with Crippen LogP contribution in [0.4, 0.5) is 10.5 Å². The van der Waals surface area contributed by atoms with Crippen molar-refractivity contribution >= 4 is 22.6 Å². The Bertz CT molecular complexity index is 1280. The van der Waals surface area contributed by atoms with Crippen molar-refractivity contribution in [1.29, 1.82) is 0 Å². The van der Waals surface area contributed by atoms with E-state index in [0.29, 0.717) is 29.9 Å². The number of ether oxygens (including phenoxy) is 1. The summed E-state index contributed by atoms with van der Waals surface area (Å²) in [5, 5.41) is 8.85. The van der Waals surface area contributed by atoms with E-state index in [1.54, 1.807) is 6.07 Å². The van der Waals surface area contributed by atoms with E-state index in [4.69, 9.17) is 9.84 Å². The fourth-order valence-electron chi connectivity index (χ4n) is 3.52. The van der Waals surface area contributed by atoms with Crippen molar-refractivity contribution in [2.24, 2.45) is 0 Å². The first-order chi connectivity index (χ1) is 15.7. The fourth-order valence-corrected chi connectivity index (χ4v) is 3.52. The molecular formula is C26H25N3O3. The number of rotatable bonds is 7. The van der Waals surface area contributed by atoms with Gasteiger partial charge in [0.25, 0.3) is 5.56 Å². The third-order valence-electron chi connectivity index (χ3n) is 5.16. The highest BCUT2D eigenvalue weighted by atomic mass is 16.5. The maximum Gasteiger partial charge on any atom is 0.411 e. The quantitative estimate of drug-likeness (QED) is 0.398. The molecule has 6 nitrogen and oxygen atoms in total. The van der Waals surface area contributed by atoms with Crippen molar-refractivity contribution < 1.29 is 9.53 Å². The van der Waals surface area contributed by atoms with Crippen molar-refractivity contribution in [2.75, 3.05) is 11.9 Å². The number of nitrogens with one attached hydrogen (secondary N) is 1. The van der Waals surface area contributed by atoms with Gasteiger partial charge in [-0.1, -0.05) is 74.0 Å². The summed E-state index contributed by atoms with van der Waals surface area (Å²) in [6.07, 6.45) is 1.30. The number of anilines is 1. The molecule has 1 aromatic heterocycles. The highest BCUT2D eigenvalue weighted by Crippen LogP contribution is 2.27. The standard InChI is InChI=1S/C26H25N3O3/c1-2-3-16-32-26(31)27-21-13-9-12-20(17-21)24-22-14-7-8-15-23(22)25(30)29(28-24)18-19-10-5-4-6-11-19/h4-15,17H,2-3,16,18H2,1H3,(H,27,31). The zero-order chi connectivity index (χ0) is 22.3. The molecule has 0 saturated heterocycles. The zero-order valence-electron chi connectivity index (χ0n) is 18.0. The Balaban J connectivity index is 1.71. The highest BCUT2D eigenvalue weighted by molar-refractivity contribution is 5.95. The van der Waals surface area contributed by atoms with Crippen LogP contribution in [0.1, 0.15) is 25.3 Å². The van der Waals surface area contributed by atoms with E-state index in [0.717, 1.165) is 29.4 Å². The molecule has 0 spiro atoms. The summed E-state index contributed by atoms with van der Waals surface area (Å²) in [6, 6.07) is 24.6. The van der Waals surface area contributed by atoms with E-state index in [1.807, 2.05) is 79.7 Å². The average Bonchev–Trinajstić information content (AvgIpc) is 2.82. The fraction of sp³-hybridized carbons (Fsp3) is 0.192. The summed E-state index contributed by atoms with van der Waals surface area (Å²) in [4.78, 5) is 25.1. The topological polar surface area (TPSA) is 73.2 Å². The van der Waals surface area contributed by atoms with Crippen LogP contribution < -0.4 is 10.9 Å². The van der Waals surface area contributed by atoms with Gasteiger partial charge in [-0.2, -0.15) is 5.10 Å². The van der Waals surface area contributed by atoms with Crippen molar-refractivity contribution in [3.63, 3.8) is 0 Å². The summed E-state index contributed by atoms with van der Waals surface area (Å²) in [5.74, 6) is 0. The van der Waals surface area contributed by atoms with Gasteiger partial charge in [-0.25, -0.2) is 9.48 Å². The van der Waals surface area contributed by atoms with Crippen LogP contribution in [0.5, 0.6) is 0 Å². The highest BCUT2D eigenvalue weighted by Gasteiger charge is 2.13. The molecule has 4 rings (SSSR count). The summed E-state index contributed by atoms with van der Waals surface area (Å²) >= 11 is 0. The van der Waals surface area contributed by atoms with Crippen LogP contribution in [-0.2, 0) is 11.3 Å². The maximum absolute atomic E-state index is 13.1. The number of benzene rings is 3. The predicted molar refractivity (Wildman–Crippen MR) is 127 cm³/mol. The number of unbranched alkanes of at least 4 members (excludes halogenated alkanes) is 1. The van der Waals surface area contributed by atoms with Gasteiger partial charge >= 0.3 is 6.09 Å². The van der Waals surface area contributed by atoms with Gasteiger partial charge in [-0.15, -0.1) is 0 Å². The smallest absolute Gasteiger partial charge is 0.411 e. The van der Waals surface area contributed by atoms with Crippen LogP contribution in [-0.4, -0.2) is 22.5 Å². The van der Waals surface area contributed by atoms with Gasteiger partial charge in [0.05, 0.1) is 24.2 Å². The minimum Gasteiger partial charge on any atom is -0.449 e. The van der Waals surface area contributed by atoms with E-state index in [1.165, 1.54) is 4.68 Å². The molecule has 0 unspecified atom stereocenters. The normalized spacial score (nSPS) is 10.8. The molecule has 1 amide bonds. The van der Waals surface area contributed by atoms with Gasteiger partial charge < -0.3 is 4.74 Å². The van der Waals surface area contributed by atoms with Gasteiger partial charge in [-0.05, 0) is 30.2 Å². The van der Waals surface area contributed by atoms with Gasteiger partial charge in [0.2, 0.25) is 0 Å². The van der Waals surface area contributed by atoms with Crippen LogP contribution in [0.15, 0.2) is 83.7 Å². The van der Waals surface area contributed by atoms with Crippen molar-refractivity contribution in [3.05, 3.63) is 94.8 Å². The second-order valence-electron chi connectivity index (χ2n) is 7.54. The van der Waals surface area contributed by atoms with Gasteiger partial charge in [-0.3, -0.25) is 10.1 Å². The largest absolute Gasteiger partial charge is 0.449 e. The van der Waals surface area contributed by atoms with E-state index in [9.17, 15) is 9.59 Å². The van der Waals surface area contributed by atoms with E-state index in [-0.39, 0.29) is 5.56 Å². The van der Waals surface area contributed by atoms with E-state index in [2.05, 4.69) is 5.32 Å². The predicted octanol–water partition coefficient (Wildman–Crippen LogP) is 5.46. The Hall–Kier alpha value is -3.93. The van der Waals surface area contributed by atoms with Crippen LogP contribution >= 0.6 is 0 Å². The molecule has 0 radical (unpaired) electrons. The maximum atomic E-state index is 13.1. The number of carbonyl (C=O) groups is 1. The van der Waals surface area contributed by atoms with Crippen molar-refractivity contribution in [1.82, 2.24) is 9.78 Å². The summed E-state index contributed by atoms with van der Waals surface area (Å²) < 4.78 is 6.68. The van der Waals surface area contributed by atoms with E-state index >= 15 is 0 Å².